The second-order valence-corrected chi connectivity index (χ2v) is 6.65. The molecule has 0 unspecified atom stereocenters. The summed E-state index contributed by atoms with van der Waals surface area (Å²) in [7, 11) is 4.71. The molecule has 0 N–H and O–H groups in total. The van der Waals surface area contributed by atoms with Gasteiger partial charge in [-0.2, -0.15) is 0 Å². The molecule has 3 aromatic rings. The Balaban J connectivity index is 1.80. The molecule has 0 fully saturated rings. The van der Waals surface area contributed by atoms with Gasteiger partial charge >= 0.3 is 0 Å². The molecule has 0 radical (unpaired) electrons. The fourth-order valence-corrected chi connectivity index (χ4v) is 3.46. The average Bonchev–Trinajstić information content (AvgIpc) is 3.39. The Hall–Kier alpha value is -2.78. The molecule has 148 valence electrons. The molecule has 0 aliphatic heterocycles. The Morgan fingerprint density at radius 3 is 2.71 bits per heavy atom. The molecule has 0 bridgehead atoms. The predicted molar refractivity (Wildman–Crippen MR) is 104 cm³/mol. The van der Waals surface area contributed by atoms with E-state index < -0.39 is 0 Å². The van der Waals surface area contributed by atoms with Crippen LogP contribution in [-0.4, -0.2) is 54.2 Å². The third-order valence-corrected chi connectivity index (χ3v) is 4.98. The Bertz CT molecular complexity index is 924. The van der Waals surface area contributed by atoms with Crippen LogP contribution >= 0.6 is 11.8 Å². The number of carbonyl (C=O) groups is 1. The third-order valence-electron chi connectivity index (χ3n) is 4.02. The highest BCUT2D eigenvalue weighted by molar-refractivity contribution is 7.99. The van der Waals surface area contributed by atoms with Crippen molar-refractivity contribution in [3.8, 4) is 23.1 Å². The molecule has 8 nitrogen and oxygen atoms in total. The van der Waals surface area contributed by atoms with Crippen LogP contribution in [0.2, 0.25) is 0 Å². The SMILES string of the molecule is COCCn1c(SCC(=O)c2cc(OC)ccc2OC)nnc1-c1ccco1. The number of hydrogen-bond donors (Lipinski definition) is 0. The maximum absolute atomic E-state index is 12.8. The molecule has 1 aromatic carbocycles. The first-order valence-electron chi connectivity index (χ1n) is 8.52. The summed E-state index contributed by atoms with van der Waals surface area (Å²) in [5.41, 5.74) is 0.462. The first-order chi connectivity index (χ1) is 13.7. The number of thioether (sulfide) groups is 1. The minimum absolute atomic E-state index is 0.0957. The molecule has 0 saturated carbocycles. The summed E-state index contributed by atoms with van der Waals surface area (Å²) >= 11 is 1.30. The lowest BCUT2D eigenvalue weighted by molar-refractivity contribution is 0.101. The molecule has 0 atom stereocenters. The Labute approximate surface area is 166 Å². The number of hydrogen-bond acceptors (Lipinski definition) is 8. The second kappa shape index (κ2) is 9.43. The van der Waals surface area contributed by atoms with Crippen molar-refractivity contribution in [2.45, 2.75) is 11.7 Å². The standard InChI is InChI=1S/C19H21N3O5S/c1-24-10-8-22-18(17-5-4-9-27-17)20-21-19(22)28-12-15(23)14-11-13(25-2)6-7-16(14)26-3/h4-7,9,11H,8,10,12H2,1-3H3. The van der Waals surface area contributed by atoms with Gasteiger partial charge in [0.25, 0.3) is 0 Å². The first-order valence-corrected chi connectivity index (χ1v) is 9.50. The summed E-state index contributed by atoms with van der Waals surface area (Å²) in [4.78, 5) is 12.8. The maximum Gasteiger partial charge on any atom is 0.200 e. The molecule has 0 aliphatic carbocycles. The molecule has 2 aromatic heterocycles. The van der Waals surface area contributed by atoms with Gasteiger partial charge in [-0.25, -0.2) is 0 Å². The molecule has 9 heteroatoms. The summed E-state index contributed by atoms with van der Waals surface area (Å²) in [6.07, 6.45) is 1.58. The van der Waals surface area contributed by atoms with Crippen LogP contribution in [0.25, 0.3) is 11.6 Å². The van der Waals surface area contributed by atoms with Crippen molar-refractivity contribution >= 4 is 17.5 Å². The number of ketones is 1. The van der Waals surface area contributed by atoms with Gasteiger partial charge < -0.3 is 18.6 Å². The average molecular weight is 403 g/mol. The van der Waals surface area contributed by atoms with E-state index in [1.54, 1.807) is 44.7 Å². The topological polar surface area (TPSA) is 88.6 Å². The van der Waals surface area contributed by atoms with Crippen molar-refractivity contribution in [2.24, 2.45) is 0 Å². The fraction of sp³-hybridized carbons (Fsp3) is 0.316. The van der Waals surface area contributed by atoms with Crippen molar-refractivity contribution < 1.29 is 23.4 Å². The van der Waals surface area contributed by atoms with Gasteiger partial charge in [-0.3, -0.25) is 9.36 Å². The van der Waals surface area contributed by atoms with E-state index in [4.69, 9.17) is 18.6 Å². The molecular formula is C19H21N3O5S. The highest BCUT2D eigenvalue weighted by atomic mass is 32.2. The molecule has 28 heavy (non-hydrogen) atoms. The molecule has 0 saturated heterocycles. The van der Waals surface area contributed by atoms with Crippen LogP contribution in [0.4, 0.5) is 0 Å². The smallest absolute Gasteiger partial charge is 0.200 e. The van der Waals surface area contributed by atoms with E-state index in [9.17, 15) is 4.79 Å². The number of benzene rings is 1. The van der Waals surface area contributed by atoms with Gasteiger partial charge in [0.05, 0.1) is 45.0 Å². The Kier molecular flexibility index (Phi) is 6.72. The Morgan fingerprint density at radius 1 is 1.18 bits per heavy atom. The van der Waals surface area contributed by atoms with E-state index in [0.29, 0.717) is 47.0 Å². The van der Waals surface area contributed by atoms with Gasteiger partial charge in [-0.1, -0.05) is 11.8 Å². The fourth-order valence-electron chi connectivity index (χ4n) is 2.61. The summed E-state index contributed by atoms with van der Waals surface area (Å²) < 4.78 is 23.0. The molecule has 0 spiro atoms. The zero-order chi connectivity index (χ0) is 19.9. The highest BCUT2D eigenvalue weighted by Crippen LogP contribution is 2.28. The van der Waals surface area contributed by atoms with Gasteiger partial charge in [0, 0.05) is 7.11 Å². The predicted octanol–water partition coefficient (Wildman–Crippen LogP) is 3.18. The lowest BCUT2D eigenvalue weighted by Gasteiger charge is -2.10. The molecular weight excluding hydrogens is 382 g/mol. The van der Waals surface area contributed by atoms with Crippen LogP contribution in [0.15, 0.2) is 46.2 Å². The van der Waals surface area contributed by atoms with Crippen molar-refractivity contribution in [2.75, 3.05) is 33.7 Å². The van der Waals surface area contributed by atoms with Crippen LogP contribution < -0.4 is 9.47 Å². The van der Waals surface area contributed by atoms with Gasteiger partial charge in [-0.05, 0) is 30.3 Å². The summed E-state index contributed by atoms with van der Waals surface area (Å²) in [6, 6.07) is 8.74. The minimum atomic E-state index is -0.0957. The summed E-state index contributed by atoms with van der Waals surface area (Å²) in [6.45, 7) is 1.02. The number of ether oxygens (including phenoxy) is 3. The number of Topliss-reactive ketones (excluding diaryl/α,β-unsaturated/α-hetero) is 1. The first kappa shape index (κ1) is 20.0. The van der Waals surface area contributed by atoms with Gasteiger partial charge in [-0.15, -0.1) is 10.2 Å². The van der Waals surface area contributed by atoms with Crippen molar-refractivity contribution in [3.63, 3.8) is 0 Å². The van der Waals surface area contributed by atoms with Crippen molar-refractivity contribution in [1.29, 1.82) is 0 Å². The second-order valence-electron chi connectivity index (χ2n) is 5.71. The number of furan rings is 1. The lowest BCUT2D eigenvalue weighted by Crippen LogP contribution is -2.09. The maximum atomic E-state index is 12.8. The number of rotatable bonds is 10. The van der Waals surface area contributed by atoms with Crippen LogP contribution in [0.1, 0.15) is 10.4 Å². The van der Waals surface area contributed by atoms with Crippen LogP contribution in [0, 0.1) is 0 Å². The number of nitrogens with zero attached hydrogens (tertiary/aromatic N) is 3. The largest absolute Gasteiger partial charge is 0.497 e. The van der Waals surface area contributed by atoms with Gasteiger partial charge in [0.2, 0.25) is 5.82 Å². The number of carbonyl (C=O) groups excluding carboxylic acids is 1. The van der Waals surface area contributed by atoms with E-state index in [1.807, 2.05) is 10.6 Å². The highest BCUT2D eigenvalue weighted by Gasteiger charge is 2.19. The third kappa shape index (κ3) is 4.37. The quantitative estimate of drug-likeness (QED) is 0.377. The Morgan fingerprint density at radius 2 is 2.04 bits per heavy atom. The van der Waals surface area contributed by atoms with E-state index >= 15 is 0 Å². The van der Waals surface area contributed by atoms with E-state index in [0.717, 1.165) is 0 Å². The molecule has 3 rings (SSSR count). The van der Waals surface area contributed by atoms with Gasteiger partial charge in [0.15, 0.2) is 16.7 Å². The number of methoxy groups -OCH3 is 3. The minimum Gasteiger partial charge on any atom is -0.497 e. The van der Waals surface area contributed by atoms with E-state index in [-0.39, 0.29) is 11.5 Å². The van der Waals surface area contributed by atoms with Crippen molar-refractivity contribution in [3.05, 3.63) is 42.2 Å². The molecule has 2 heterocycles. The van der Waals surface area contributed by atoms with Gasteiger partial charge in [0.1, 0.15) is 11.5 Å². The van der Waals surface area contributed by atoms with E-state index in [1.165, 1.54) is 18.9 Å². The lowest BCUT2D eigenvalue weighted by atomic mass is 10.1. The zero-order valence-corrected chi connectivity index (χ0v) is 16.7. The molecule has 0 aliphatic rings. The summed E-state index contributed by atoms with van der Waals surface area (Å²) in [5.74, 6) is 2.38. The normalized spacial score (nSPS) is 10.8. The number of aromatic nitrogens is 3. The van der Waals surface area contributed by atoms with E-state index in [2.05, 4.69) is 10.2 Å². The van der Waals surface area contributed by atoms with Crippen molar-refractivity contribution in [1.82, 2.24) is 14.8 Å². The van der Waals surface area contributed by atoms with Crippen LogP contribution in [0.5, 0.6) is 11.5 Å². The van der Waals surface area contributed by atoms with Crippen LogP contribution in [0.3, 0.4) is 0 Å². The monoisotopic (exact) mass is 403 g/mol. The summed E-state index contributed by atoms with van der Waals surface area (Å²) in [5, 5.41) is 9.04. The van der Waals surface area contributed by atoms with Crippen LogP contribution in [-0.2, 0) is 11.3 Å². The zero-order valence-electron chi connectivity index (χ0n) is 15.9. The molecule has 0 amide bonds.